The van der Waals surface area contributed by atoms with Crippen molar-refractivity contribution in [2.75, 3.05) is 0 Å². The van der Waals surface area contributed by atoms with Crippen LogP contribution in [0.2, 0.25) is 5.15 Å². The normalized spacial score (nSPS) is 11.2. The second-order valence-corrected chi connectivity index (χ2v) is 4.99. The summed E-state index contributed by atoms with van der Waals surface area (Å²) in [4.78, 5) is 16.1. The van der Waals surface area contributed by atoms with E-state index in [0.717, 1.165) is 5.56 Å². The Hall–Kier alpha value is -2.90. The van der Waals surface area contributed by atoms with Gasteiger partial charge in [0.25, 0.3) is 5.91 Å². The van der Waals surface area contributed by atoms with Crippen molar-refractivity contribution < 1.29 is 4.79 Å². The minimum Gasteiger partial charge on any atom is -0.347 e. The maximum atomic E-state index is 12.0. The zero-order valence-corrected chi connectivity index (χ0v) is 13.0. The number of allylic oxidation sites excluding steroid dienone is 2. The Morgan fingerprint density at radius 1 is 1.22 bits per heavy atom. The molecular weight excluding hydrogens is 310 g/mol. The van der Waals surface area contributed by atoms with Gasteiger partial charge in [0.1, 0.15) is 16.8 Å². The molecule has 23 heavy (non-hydrogen) atoms. The van der Waals surface area contributed by atoms with Crippen LogP contribution in [0.4, 0.5) is 0 Å². The number of carbonyl (C=O) groups excluding carboxylic acids is 1. The summed E-state index contributed by atoms with van der Waals surface area (Å²) in [6.45, 7) is 0.373. The molecule has 114 valence electrons. The van der Waals surface area contributed by atoms with Crippen LogP contribution >= 0.6 is 11.6 Å². The van der Waals surface area contributed by atoms with E-state index >= 15 is 0 Å². The molecule has 1 N–H and O–H groups in total. The summed E-state index contributed by atoms with van der Waals surface area (Å²) < 4.78 is 0. The summed E-state index contributed by atoms with van der Waals surface area (Å²) in [7, 11) is 0. The van der Waals surface area contributed by atoms with Crippen molar-refractivity contribution in [2.24, 2.45) is 0 Å². The van der Waals surface area contributed by atoms with Crippen LogP contribution in [0, 0.1) is 11.3 Å². The fourth-order valence-corrected chi connectivity index (χ4v) is 1.97. The third kappa shape index (κ3) is 5.42. The van der Waals surface area contributed by atoms with E-state index in [1.165, 1.54) is 6.08 Å². The monoisotopic (exact) mass is 323 g/mol. The SMILES string of the molecule is N#C/C(=C\C=C\c1cccc(Cl)n1)C(=O)NCc1ccccc1. The standard InChI is InChI=1S/C18H14ClN3O/c19-17-11-5-10-16(22-17)9-4-8-15(12-20)18(23)21-13-14-6-2-1-3-7-14/h1-11H,13H2,(H,21,23)/b9-4+,15-8+. The van der Waals surface area contributed by atoms with Gasteiger partial charge < -0.3 is 5.32 Å². The molecule has 1 amide bonds. The van der Waals surface area contributed by atoms with E-state index in [-0.39, 0.29) is 5.57 Å². The van der Waals surface area contributed by atoms with Crippen LogP contribution in [0.5, 0.6) is 0 Å². The first-order valence-corrected chi connectivity index (χ1v) is 7.30. The van der Waals surface area contributed by atoms with Crippen molar-refractivity contribution in [3.63, 3.8) is 0 Å². The molecule has 0 aliphatic heterocycles. The fourth-order valence-electron chi connectivity index (χ4n) is 1.80. The predicted molar refractivity (Wildman–Crippen MR) is 90.3 cm³/mol. The molecule has 1 aromatic carbocycles. The van der Waals surface area contributed by atoms with Crippen molar-refractivity contribution in [3.05, 3.63) is 82.7 Å². The number of hydrogen-bond donors (Lipinski definition) is 1. The Morgan fingerprint density at radius 2 is 2.00 bits per heavy atom. The van der Waals surface area contributed by atoms with E-state index in [1.807, 2.05) is 36.4 Å². The third-order valence-electron chi connectivity index (χ3n) is 2.93. The van der Waals surface area contributed by atoms with Gasteiger partial charge in [-0.1, -0.05) is 54.1 Å². The molecule has 0 radical (unpaired) electrons. The molecule has 5 heteroatoms. The zero-order valence-electron chi connectivity index (χ0n) is 12.2. The molecule has 0 atom stereocenters. The van der Waals surface area contributed by atoms with Gasteiger partial charge in [0.15, 0.2) is 0 Å². The van der Waals surface area contributed by atoms with Crippen LogP contribution in [0.25, 0.3) is 6.08 Å². The van der Waals surface area contributed by atoms with Gasteiger partial charge in [-0.3, -0.25) is 4.79 Å². The maximum Gasteiger partial charge on any atom is 0.262 e. The lowest BCUT2D eigenvalue weighted by molar-refractivity contribution is -0.117. The minimum atomic E-state index is -0.417. The lowest BCUT2D eigenvalue weighted by atomic mass is 10.2. The number of nitrogens with zero attached hydrogens (tertiary/aromatic N) is 2. The summed E-state index contributed by atoms with van der Waals surface area (Å²) in [5.41, 5.74) is 1.65. The molecule has 0 aliphatic carbocycles. The van der Waals surface area contributed by atoms with E-state index in [9.17, 15) is 4.79 Å². The molecule has 1 heterocycles. The number of rotatable bonds is 5. The number of benzene rings is 1. The Kier molecular flexibility index (Phi) is 6.10. The van der Waals surface area contributed by atoms with Gasteiger partial charge in [-0.2, -0.15) is 5.26 Å². The van der Waals surface area contributed by atoms with Gasteiger partial charge in [0.2, 0.25) is 0 Å². The van der Waals surface area contributed by atoms with Crippen molar-refractivity contribution in [3.8, 4) is 6.07 Å². The quantitative estimate of drug-likeness (QED) is 0.396. The molecule has 1 aromatic heterocycles. The van der Waals surface area contributed by atoms with Crippen LogP contribution in [-0.2, 0) is 11.3 Å². The average molecular weight is 324 g/mol. The fraction of sp³-hybridized carbons (Fsp3) is 0.0556. The first kappa shape index (κ1) is 16.5. The lowest BCUT2D eigenvalue weighted by Crippen LogP contribution is -2.23. The van der Waals surface area contributed by atoms with Gasteiger partial charge >= 0.3 is 0 Å². The first-order chi connectivity index (χ1) is 11.2. The maximum absolute atomic E-state index is 12.0. The summed E-state index contributed by atoms with van der Waals surface area (Å²) in [5, 5.41) is 12.2. The van der Waals surface area contributed by atoms with Gasteiger partial charge in [0, 0.05) is 6.54 Å². The van der Waals surface area contributed by atoms with Crippen molar-refractivity contribution >= 4 is 23.6 Å². The Balaban J connectivity index is 1.98. The zero-order chi connectivity index (χ0) is 16.5. The molecule has 4 nitrogen and oxygen atoms in total. The highest BCUT2D eigenvalue weighted by molar-refractivity contribution is 6.29. The molecule has 0 fully saturated rings. The van der Waals surface area contributed by atoms with Crippen LogP contribution in [0.1, 0.15) is 11.3 Å². The number of hydrogen-bond acceptors (Lipinski definition) is 3. The lowest BCUT2D eigenvalue weighted by Gasteiger charge is -2.03. The average Bonchev–Trinajstić information content (AvgIpc) is 2.57. The Labute approximate surface area is 139 Å². The largest absolute Gasteiger partial charge is 0.347 e. The predicted octanol–water partition coefficient (Wildman–Crippen LogP) is 3.51. The van der Waals surface area contributed by atoms with Gasteiger partial charge in [-0.15, -0.1) is 0 Å². The highest BCUT2D eigenvalue weighted by atomic mass is 35.5. The summed E-state index contributed by atoms with van der Waals surface area (Å²) in [5.74, 6) is -0.417. The van der Waals surface area contributed by atoms with Gasteiger partial charge in [-0.05, 0) is 29.8 Å². The van der Waals surface area contributed by atoms with Crippen LogP contribution in [-0.4, -0.2) is 10.9 Å². The molecule has 0 saturated heterocycles. The molecular formula is C18H14ClN3O. The van der Waals surface area contributed by atoms with Crippen molar-refractivity contribution in [2.45, 2.75) is 6.54 Å². The van der Waals surface area contributed by atoms with Crippen LogP contribution < -0.4 is 5.32 Å². The topological polar surface area (TPSA) is 65.8 Å². The van der Waals surface area contributed by atoms with Crippen molar-refractivity contribution in [1.29, 1.82) is 5.26 Å². The number of nitrogens with one attached hydrogen (secondary N) is 1. The summed E-state index contributed by atoms with van der Waals surface area (Å²) in [6, 6.07) is 16.6. The summed E-state index contributed by atoms with van der Waals surface area (Å²) in [6.07, 6.45) is 4.72. The number of nitriles is 1. The van der Waals surface area contributed by atoms with Crippen LogP contribution in [0.15, 0.2) is 66.3 Å². The first-order valence-electron chi connectivity index (χ1n) is 6.92. The van der Waals surface area contributed by atoms with Gasteiger partial charge in [-0.25, -0.2) is 4.98 Å². The third-order valence-corrected chi connectivity index (χ3v) is 3.14. The van der Waals surface area contributed by atoms with Crippen LogP contribution in [0.3, 0.4) is 0 Å². The smallest absolute Gasteiger partial charge is 0.262 e. The minimum absolute atomic E-state index is 0.0270. The highest BCUT2D eigenvalue weighted by Crippen LogP contribution is 2.07. The molecule has 0 aliphatic rings. The second-order valence-electron chi connectivity index (χ2n) is 4.60. The number of pyridine rings is 1. The number of carbonyl (C=O) groups is 1. The van der Waals surface area contributed by atoms with Gasteiger partial charge in [0.05, 0.1) is 5.69 Å². The van der Waals surface area contributed by atoms with E-state index in [4.69, 9.17) is 16.9 Å². The molecule has 0 saturated carbocycles. The number of halogens is 1. The molecule has 0 bridgehead atoms. The molecule has 0 spiro atoms. The van der Waals surface area contributed by atoms with E-state index < -0.39 is 5.91 Å². The van der Waals surface area contributed by atoms with E-state index in [1.54, 1.807) is 30.4 Å². The highest BCUT2D eigenvalue weighted by Gasteiger charge is 2.06. The number of aromatic nitrogens is 1. The second kappa shape index (κ2) is 8.52. The van der Waals surface area contributed by atoms with E-state index in [0.29, 0.717) is 17.4 Å². The van der Waals surface area contributed by atoms with E-state index in [2.05, 4.69) is 10.3 Å². The Morgan fingerprint density at radius 3 is 2.70 bits per heavy atom. The van der Waals surface area contributed by atoms with Crippen molar-refractivity contribution in [1.82, 2.24) is 10.3 Å². The summed E-state index contributed by atoms with van der Waals surface area (Å²) >= 11 is 5.79. The molecule has 2 aromatic rings. The molecule has 0 unspecified atom stereocenters. The number of amides is 1. The Bertz CT molecular complexity index is 776. The molecule has 2 rings (SSSR count).